The van der Waals surface area contributed by atoms with Crippen molar-refractivity contribution in [3.8, 4) is 0 Å². The molecule has 1 unspecified atom stereocenters. The predicted molar refractivity (Wildman–Crippen MR) is 106 cm³/mol. The molecule has 0 spiro atoms. The second-order valence-electron chi connectivity index (χ2n) is 7.78. The van der Waals surface area contributed by atoms with Gasteiger partial charge in [0.2, 0.25) is 0 Å². The number of rotatable bonds is 3. The Morgan fingerprint density at radius 3 is 2.96 bits per heavy atom. The van der Waals surface area contributed by atoms with Crippen molar-refractivity contribution in [3.63, 3.8) is 0 Å². The first-order valence-corrected chi connectivity index (χ1v) is 9.94. The number of benzene rings is 2. The standard InChI is InChI=1S/C22H24N4O/c27-21(26-13-11-16-6-1-4-10-20(16)26)15-25-12-5-7-17(14-25)22-23-18-8-2-3-9-19(18)24-22/h1-4,6,8-10,17H,5,7,11-15H2,(H,23,24)/p+1/t17-/m0/s1. The van der Waals surface area contributed by atoms with E-state index in [9.17, 15) is 4.79 Å². The number of anilines is 1. The number of imidazole rings is 1. The van der Waals surface area contributed by atoms with Crippen LogP contribution in [0.25, 0.3) is 11.0 Å². The highest BCUT2D eigenvalue weighted by Crippen LogP contribution is 2.27. The Morgan fingerprint density at radius 1 is 1.19 bits per heavy atom. The third kappa shape index (κ3) is 3.12. The summed E-state index contributed by atoms with van der Waals surface area (Å²) in [6.07, 6.45) is 3.25. The van der Waals surface area contributed by atoms with Gasteiger partial charge in [-0.05, 0) is 43.0 Å². The molecule has 5 heteroatoms. The largest absolute Gasteiger partial charge is 0.342 e. The number of H-pyrrole nitrogens is 1. The Balaban J connectivity index is 1.28. The van der Waals surface area contributed by atoms with E-state index in [4.69, 9.17) is 4.98 Å². The van der Waals surface area contributed by atoms with Crippen molar-refractivity contribution < 1.29 is 9.69 Å². The van der Waals surface area contributed by atoms with Gasteiger partial charge in [-0.15, -0.1) is 0 Å². The van der Waals surface area contributed by atoms with Crippen molar-refractivity contribution in [2.45, 2.75) is 25.2 Å². The quantitative estimate of drug-likeness (QED) is 0.749. The summed E-state index contributed by atoms with van der Waals surface area (Å²) in [4.78, 5) is 24.6. The van der Waals surface area contributed by atoms with Crippen molar-refractivity contribution in [2.75, 3.05) is 31.1 Å². The van der Waals surface area contributed by atoms with Crippen LogP contribution in [0.1, 0.15) is 30.1 Å². The van der Waals surface area contributed by atoms with Crippen molar-refractivity contribution in [3.05, 3.63) is 59.9 Å². The normalized spacial score (nSPS) is 22.1. The number of aromatic amines is 1. The lowest BCUT2D eigenvalue weighted by Gasteiger charge is -2.29. The van der Waals surface area contributed by atoms with Crippen LogP contribution in [0.2, 0.25) is 0 Å². The number of quaternary nitrogens is 1. The number of nitrogens with one attached hydrogen (secondary N) is 2. The third-order valence-electron chi connectivity index (χ3n) is 6.00. The van der Waals surface area contributed by atoms with Crippen molar-refractivity contribution in [1.29, 1.82) is 0 Å². The Hall–Kier alpha value is -2.66. The van der Waals surface area contributed by atoms with E-state index < -0.39 is 0 Å². The fourth-order valence-electron chi connectivity index (χ4n) is 4.62. The van der Waals surface area contributed by atoms with E-state index in [0.717, 1.165) is 61.4 Å². The van der Waals surface area contributed by atoms with Crippen LogP contribution in [-0.2, 0) is 11.2 Å². The highest BCUT2D eigenvalue weighted by Gasteiger charge is 2.31. The summed E-state index contributed by atoms with van der Waals surface area (Å²) in [6, 6.07) is 16.5. The minimum Gasteiger partial charge on any atom is -0.342 e. The Kier molecular flexibility index (Phi) is 4.17. The van der Waals surface area contributed by atoms with Crippen LogP contribution in [0.4, 0.5) is 5.69 Å². The summed E-state index contributed by atoms with van der Waals surface area (Å²) in [5.41, 5.74) is 4.53. The number of nitrogens with zero attached hydrogens (tertiary/aromatic N) is 2. The molecule has 138 valence electrons. The summed E-state index contributed by atoms with van der Waals surface area (Å²) in [7, 11) is 0. The molecule has 1 amide bonds. The summed E-state index contributed by atoms with van der Waals surface area (Å²) in [5.74, 6) is 1.73. The summed E-state index contributed by atoms with van der Waals surface area (Å²) < 4.78 is 0. The van der Waals surface area contributed by atoms with Crippen LogP contribution in [0.3, 0.4) is 0 Å². The molecule has 2 aromatic carbocycles. The van der Waals surface area contributed by atoms with E-state index in [-0.39, 0.29) is 5.91 Å². The monoisotopic (exact) mass is 361 g/mol. The Bertz CT molecular complexity index is 946. The van der Waals surface area contributed by atoms with Crippen LogP contribution >= 0.6 is 0 Å². The predicted octanol–water partition coefficient (Wildman–Crippen LogP) is 1.91. The van der Waals surface area contributed by atoms with Gasteiger partial charge in [0.15, 0.2) is 6.54 Å². The number of likely N-dealkylation sites (tertiary alicyclic amines) is 1. The number of para-hydroxylation sites is 3. The SMILES string of the molecule is O=C(C[NH+]1CCC[C@H](c2nc3ccccc3[nH]2)C1)N1CCc2ccccc21. The van der Waals surface area contributed by atoms with Gasteiger partial charge in [-0.1, -0.05) is 30.3 Å². The molecule has 1 fully saturated rings. The first-order chi connectivity index (χ1) is 13.3. The molecule has 2 aliphatic heterocycles. The van der Waals surface area contributed by atoms with Gasteiger partial charge in [0, 0.05) is 12.2 Å². The Labute approximate surface area is 159 Å². The van der Waals surface area contributed by atoms with E-state index in [2.05, 4.69) is 35.3 Å². The van der Waals surface area contributed by atoms with E-state index in [1.165, 1.54) is 10.5 Å². The molecule has 3 aromatic rings. The molecule has 5 rings (SSSR count). The molecular weight excluding hydrogens is 336 g/mol. The van der Waals surface area contributed by atoms with Crippen LogP contribution in [0.15, 0.2) is 48.5 Å². The van der Waals surface area contributed by atoms with Gasteiger partial charge in [-0.3, -0.25) is 4.79 Å². The smallest absolute Gasteiger partial charge is 0.282 e. The molecule has 1 aromatic heterocycles. The van der Waals surface area contributed by atoms with Crippen LogP contribution in [0, 0.1) is 0 Å². The zero-order valence-electron chi connectivity index (χ0n) is 15.4. The number of carbonyl (C=O) groups is 1. The van der Waals surface area contributed by atoms with Crippen LogP contribution in [-0.4, -0.2) is 42.1 Å². The van der Waals surface area contributed by atoms with Crippen molar-refractivity contribution in [2.24, 2.45) is 0 Å². The van der Waals surface area contributed by atoms with Gasteiger partial charge in [-0.2, -0.15) is 0 Å². The average molecular weight is 361 g/mol. The van der Waals surface area contributed by atoms with Crippen molar-refractivity contribution in [1.82, 2.24) is 9.97 Å². The molecule has 0 radical (unpaired) electrons. The fraction of sp³-hybridized carbons (Fsp3) is 0.364. The molecule has 3 heterocycles. The molecule has 2 N–H and O–H groups in total. The number of fused-ring (bicyclic) bond motifs is 2. The topological polar surface area (TPSA) is 53.4 Å². The fourth-order valence-corrected chi connectivity index (χ4v) is 4.62. The lowest BCUT2D eigenvalue weighted by Crippen LogP contribution is -3.14. The molecule has 0 bridgehead atoms. The third-order valence-corrected chi connectivity index (χ3v) is 6.00. The zero-order valence-corrected chi connectivity index (χ0v) is 15.4. The maximum atomic E-state index is 12.9. The first kappa shape index (κ1) is 16.5. The summed E-state index contributed by atoms with van der Waals surface area (Å²) in [5, 5.41) is 0. The Morgan fingerprint density at radius 2 is 2.04 bits per heavy atom. The molecular formula is C22H25N4O+. The van der Waals surface area contributed by atoms with Gasteiger partial charge < -0.3 is 14.8 Å². The van der Waals surface area contributed by atoms with Gasteiger partial charge >= 0.3 is 0 Å². The number of hydrogen-bond acceptors (Lipinski definition) is 2. The molecule has 2 aliphatic rings. The highest BCUT2D eigenvalue weighted by atomic mass is 16.2. The second kappa shape index (κ2) is 6.82. The number of carbonyl (C=O) groups excluding carboxylic acids is 1. The van der Waals surface area contributed by atoms with Gasteiger partial charge in [-0.25, -0.2) is 4.98 Å². The molecule has 27 heavy (non-hydrogen) atoms. The maximum Gasteiger partial charge on any atom is 0.282 e. The van der Waals surface area contributed by atoms with E-state index >= 15 is 0 Å². The zero-order chi connectivity index (χ0) is 18.2. The molecule has 0 saturated carbocycles. The van der Waals surface area contributed by atoms with E-state index in [1.54, 1.807) is 0 Å². The minimum atomic E-state index is 0.250. The summed E-state index contributed by atoms with van der Waals surface area (Å²) in [6.45, 7) is 3.43. The lowest BCUT2D eigenvalue weighted by molar-refractivity contribution is -0.898. The second-order valence-corrected chi connectivity index (χ2v) is 7.78. The van der Waals surface area contributed by atoms with Crippen LogP contribution in [0.5, 0.6) is 0 Å². The number of amides is 1. The lowest BCUT2D eigenvalue weighted by atomic mass is 9.97. The first-order valence-electron chi connectivity index (χ1n) is 9.94. The van der Waals surface area contributed by atoms with Crippen molar-refractivity contribution >= 4 is 22.6 Å². The van der Waals surface area contributed by atoms with Gasteiger partial charge in [0.25, 0.3) is 5.91 Å². The molecule has 1 saturated heterocycles. The maximum absolute atomic E-state index is 12.9. The van der Waals surface area contributed by atoms with Gasteiger partial charge in [0.05, 0.1) is 30.0 Å². The molecule has 2 atom stereocenters. The minimum absolute atomic E-state index is 0.250. The summed E-state index contributed by atoms with van der Waals surface area (Å²) >= 11 is 0. The number of aromatic nitrogens is 2. The number of hydrogen-bond donors (Lipinski definition) is 2. The number of piperidine rings is 1. The van der Waals surface area contributed by atoms with E-state index in [0.29, 0.717) is 12.5 Å². The van der Waals surface area contributed by atoms with Gasteiger partial charge in [0.1, 0.15) is 5.82 Å². The molecule has 5 nitrogen and oxygen atoms in total. The highest BCUT2D eigenvalue weighted by molar-refractivity contribution is 5.96. The van der Waals surface area contributed by atoms with E-state index in [1.807, 2.05) is 23.1 Å². The van der Waals surface area contributed by atoms with Crippen LogP contribution < -0.4 is 9.80 Å². The average Bonchev–Trinajstić information content (AvgIpc) is 3.32. The molecule has 0 aliphatic carbocycles.